The molecule has 0 spiro atoms. The van der Waals surface area contributed by atoms with Crippen molar-refractivity contribution in [2.24, 2.45) is 0 Å². The van der Waals surface area contributed by atoms with Gasteiger partial charge >= 0.3 is 0 Å². The van der Waals surface area contributed by atoms with Crippen LogP contribution in [0.4, 0.5) is 26.1 Å². The van der Waals surface area contributed by atoms with E-state index in [-0.39, 0.29) is 10.7 Å². The molecule has 21 heavy (non-hydrogen) atoms. The first-order valence-corrected chi connectivity index (χ1v) is 6.94. The van der Waals surface area contributed by atoms with Crippen molar-refractivity contribution in [1.29, 1.82) is 0 Å². The van der Waals surface area contributed by atoms with E-state index in [9.17, 15) is 8.78 Å². The number of nitrogens with zero attached hydrogens (tertiary/aromatic N) is 2. The van der Waals surface area contributed by atoms with E-state index < -0.39 is 11.6 Å². The summed E-state index contributed by atoms with van der Waals surface area (Å²) in [5.41, 5.74) is -0.0127. The second-order valence-electron chi connectivity index (χ2n) is 4.31. The van der Waals surface area contributed by atoms with Gasteiger partial charge in [0.05, 0.1) is 10.7 Å². The maximum Gasteiger partial charge on any atom is 0.151 e. The summed E-state index contributed by atoms with van der Waals surface area (Å²) < 4.78 is 26.8. The minimum Gasteiger partial charge on any atom is -0.370 e. The number of halogens is 3. The number of aryl methyl sites for hydroxylation is 1. The summed E-state index contributed by atoms with van der Waals surface area (Å²) in [7, 11) is 0. The summed E-state index contributed by atoms with van der Waals surface area (Å²) in [6, 6.07) is 3.45. The van der Waals surface area contributed by atoms with Crippen molar-refractivity contribution in [2.75, 3.05) is 17.2 Å². The van der Waals surface area contributed by atoms with E-state index in [1.54, 1.807) is 6.07 Å². The van der Waals surface area contributed by atoms with Gasteiger partial charge < -0.3 is 10.6 Å². The molecular weight excluding hydrogens is 298 g/mol. The van der Waals surface area contributed by atoms with Crippen LogP contribution in [0.5, 0.6) is 0 Å². The first kappa shape index (κ1) is 15.4. The minimum absolute atomic E-state index is 0.0127. The van der Waals surface area contributed by atoms with Crippen molar-refractivity contribution in [3.05, 3.63) is 40.7 Å². The van der Waals surface area contributed by atoms with Gasteiger partial charge in [0.1, 0.15) is 23.3 Å². The lowest BCUT2D eigenvalue weighted by molar-refractivity contribution is 0.586. The molecule has 0 aliphatic heterocycles. The number of nitrogens with one attached hydrogen (secondary N) is 2. The Kier molecular flexibility index (Phi) is 4.90. The molecule has 0 saturated carbocycles. The number of aromatic nitrogens is 2. The summed E-state index contributed by atoms with van der Waals surface area (Å²) in [5, 5.41) is 5.80. The lowest BCUT2D eigenvalue weighted by Crippen LogP contribution is -2.06. The third-order valence-electron chi connectivity index (χ3n) is 2.71. The van der Waals surface area contributed by atoms with Gasteiger partial charge in [0.25, 0.3) is 0 Å². The van der Waals surface area contributed by atoms with Crippen LogP contribution in [-0.2, 0) is 6.42 Å². The van der Waals surface area contributed by atoms with Gasteiger partial charge in [0.15, 0.2) is 5.82 Å². The van der Waals surface area contributed by atoms with Crippen molar-refractivity contribution in [3.8, 4) is 0 Å². The topological polar surface area (TPSA) is 49.8 Å². The molecule has 2 N–H and O–H groups in total. The van der Waals surface area contributed by atoms with Crippen molar-refractivity contribution in [2.45, 2.75) is 20.3 Å². The second-order valence-corrected chi connectivity index (χ2v) is 4.72. The third-order valence-corrected chi connectivity index (χ3v) is 3.00. The Morgan fingerprint density at radius 2 is 1.81 bits per heavy atom. The predicted octanol–water partition coefficient (Wildman–Crippen LogP) is 4.15. The van der Waals surface area contributed by atoms with Crippen molar-refractivity contribution in [1.82, 2.24) is 9.97 Å². The molecule has 0 amide bonds. The number of hydrogen-bond donors (Lipinski definition) is 2. The Bertz CT molecular complexity index is 626. The Labute approximate surface area is 126 Å². The zero-order valence-corrected chi connectivity index (χ0v) is 12.4. The molecule has 1 aromatic heterocycles. The third kappa shape index (κ3) is 3.78. The fourth-order valence-corrected chi connectivity index (χ4v) is 2.02. The highest BCUT2D eigenvalue weighted by molar-refractivity contribution is 6.33. The van der Waals surface area contributed by atoms with Crippen molar-refractivity contribution >= 4 is 28.9 Å². The van der Waals surface area contributed by atoms with Gasteiger partial charge in [0, 0.05) is 25.1 Å². The maximum atomic E-state index is 13.8. The monoisotopic (exact) mass is 312 g/mol. The SMILES string of the molecule is CCNc1cc(Nc2c(F)cc(F)cc2Cl)nc(CC)n1. The molecule has 7 heteroatoms. The molecule has 0 atom stereocenters. The van der Waals surface area contributed by atoms with E-state index in [1.165, 1.54) is 0 Å². The molecular formula is C14H15ClF2N4. The predicted molar refractivity (Wildman–Crippen MR) is 80.2 cm³/mol. The van der Waals surface area contributed by atoms with Gasteiger partial charge in [0.2, 0.25) is 0 Å². The summed E-state index contributed by atoms with van der Waals surface area (Å²) in [4.78, 5) is 8.55. The van der Waals surface area contributed by atoms with Crippen molar-refractivity contribution < 1.29 is 8.78 Å². The minimum atomic E-state index is -0.776. The number of rotatable bonds is 5. The largest absolute Gasteiger partial charge is 0.370 e. The van der Waals surface area contributed by atoms with Crippen molar-refractivity contribution in [3.63, 3.8) is 0 Å². The standard InChI is InChI=1S/C14H15ClF2N4/c1-3-11-19-12(18-4-2)7-13(20-11)21-14-9(15)5-8(16)6-10(14)17/h5-7H,3-4H2,1-2H3,(H2,18,19,20,21). The first-order valence-electron chi connectivity index (χ1n) is 6.56. The molecule has 0 aliphatic rings. The average molecular weight is 313 g/mol. The molecule has 0 fully saturated rings. The van der Waals surface area contributed by atoms with E-state index in [0.717, 1.165) is 12.1 Å². The van der Waals surface area contributed by atoms with Crippen LogP contribution in [0.25, 0.3) is 0 Å². The molecule has 1 aromatic carbocycles. The van der Waals surface area contributed by atoms with Crippen LogP contribution in [0.1, 0.15) is 19.7 Å². The Hall–Kier alpha value is -1.95. The van der Waals surface area contributed by atoms with Gasteiger partial charge in [-0.05, 0) is 13.0 Å². The van der Waals surface area contributed by atoms with Gasteiger partial charge in [-0.3, -0.25) is 0 Å². The Morgan fingerprint density at radius 1 is 1.10 bits per heavy atom. The molecule has 112 valence electrons. The van der Waals surface area contributed by atoms with Gasteiger partial charge in [-0.25, -0.2) is 18.7 Å². The molecule has 1 heterocycles. The molecule has 0 bridgehead atoms. The summed E-state index contributed by atoms with van der Waals surface area (Å²) >= 11 is 5.86. The molecule has 0 unspecified atom stereocenters. The normalized spacial score (nSPS) is 10.5. The van der Waals surface area contributed by atoms with Crippen LogP contribution in [0.15, 0.2) is 18.2 Å². The van der Waals surface area contributed by atoms with Crippen LogP contribution < -0.4 is 10.6 Å². The van der Waals surface area contributed by atoms with E-state index in [2.05, 4.69) is 20.6 Å². The molecule has 0 radical (unpaired) electrons. The molecule has 0 saturated heterocycles. The lowest BCUT2D eigenvalue weighted by atomic mass is 10.3. The summed E-state index contributed by atoms with van der Waals surface area (Å²) in [6.07, 6.45) is 0.632. The van der Waals surface area contributed by atoms with Crippen LogP contribution in [0.2, 0.25) is 5.02 Å². The number of benzene rings is 1. The average Bonchev–Trinajstić information content (AvgIpc) is 2.43. The highest BCUT2D eigenvalue weighted by Gasteiger charge is 2.12. The molecule has 2 aromatic rings. The van der Waals surface area contributed by atoms with E-state index in [1.807, 2.05) is 13.8 Å². The van der Waals surface area contributed by atoms with Crippen LogP contribution in [0, 0.1) is 11.6 Å². The Morgan fingerprint density at radius 3 is 2.43 bits per heavy atom. The number of hydrogen-bond acceptors (Lipinski definition) is 4. The second kappa shape index (κ2) is 6.67. The van der Waals surface area contributed by atoms with E-state index in [4.69, 9.17) is 11.6 Å². The molecule has 4 nitrogen and oxygen atoms in total. The highest BCUT2D eigenvalue weighted by atomic mass is 35.5. The molecule has 2 rings (SSSR count). The number of anilines is 3. The van der Waals surface area contributed by atoms with Gasteiger partial charge in [-0.2, -0.15) is 0 Å². The molecule has 0 aliphatic carbocycles. The summed E-state index contributed by atoms with van der Waals surface area (Å²) in [5.74, 6) is 0.125. The fourth-order valence-electron chi connectivity index (χ4n) is 1.78. The Balaban J connectivity index is 2.37. The van der Waals surface area contributed by atoms with E-state index >= 15 is 0 Å². The highest BCUT2D eigenvalue weighted by Crippen LogP contribution is 2.29. The zero-order valence-electron chi connectivity index (χ0n) is 11.7. The first-order chi connectivity index (χ1) is 10.0. The smallest absolute Gasteiger partial charge is 0.151 e. The zero-order chi connectivity index (χ0) is 15.4. The maximum absolute atomic E-state index is 13.8. The summed E-state index contributed by atoms with van der Waals surface area (Å²) in [6.45, 7) is 4.56. The quantitative estimate of drug-likeness (QED) is 0.871. The lowest BCUT2D eigenvalue weighted by Gasteiger charge is -2.12. The van der Waals surface area contributed by atoms with E-state index in [0.29, 0.717) is 30.4 Å². The van der Waals surface area contributed by atoms with Gasteiger partial charge in [-0.1, -0.05) is 18.5 Å². The van der Waals surface area contributed by atoms with Gasteiger partial charge in [-0.15, -0.1) is 0 Å². The fraction of sp³-hybridized carbons (Fsp3) is 0.286. The van der Waals surface area contributed by atoms with Crippen LogP contribution in [-0.4, -0.2) is 16.5 Å². The van der Waals surface area contributed by atoms with Crippen LogP contribution >= 0.6 is 11.6 Å². The van der Waals surface area contributed by atoms with Crippen LogP contribution in [0.3, 0.4) is 0 Å².